The average Bonchev–Trinajstić information content (AvgIpc) is 3.26. The van der Waals surface area contributed by atoms with Crippen LogP contribution >= 0.6 is 0 Å². The van der Waals surface area contributed by atoms with Gasteiger partial charge in [-0.25, -0.2) is 0 Å². The molecule has 0 unspecified atom stereocenters. The van der Waals surface area contributed by atoms with Crippen molar-refractivity contribution in [3.63, 3.8) is 0 Å². The highest BCUT2D eigenvalue weighted by atomic mass is 16.5. The van der Waals surface area contributed by atoms with Crippen molar-refractivity contribution < 1.29 is 4.52 Å². The first-order chi connectivity index (χ1) is 13.5. The van der Waals surface area contributed by atoms with E-state index in [9.17, 15) is 0 Å². The van der Waals surface area contributed by atoms with Crippen LogP contribution in [0.15, 0.2) is 22.9 Å². The zero-order chi connectivity index (χ0) is 19.3. The maximum atomic E-state index is 5.49. The molecule has 3 aromatic heterocycles. The lowest BCUT2D eigenvalue weighted by atomic mass is 9.92. The van der Waals surface area contributed by atoms with Crippen LogP contribution in [-0.4, -0.2) is 43.0 Å². The van der Waals surface area contributed by atoms with E-state index in [0.717, 1.165) is 55.4 Å². The van der Waals surface area contributed by atoms with Crippen LogP contribution in [0.1, 0.15) is 81.1 Å². The van der Waals surface area contributed by atoms with Gasteiger partial charge in [0.15, 0.2) is 11.5 Å². The first kappa shape index (κ1) is 17.8. The van der Waals surface area contributed by atoms with Crippen molar-refractivity contribution >= 4 is 5.65 Å². The Morgan fingerprint density at radius 3 is 2.54 bits per heavy atom. The van der Waals surface area contributed by atoms with E-state index in [2.05, 4.69) is 47.1 Å². The highest BCUT2D eigenvalue weighted by Gasteiger charge is 2.32. The zero-order valence-corrected chi connectivity index (χ0v) is 16.9. The molecule has 2 fully saturated rings. The van der Waals surface area contributed by atoms with Gasteiger partial charge in [-0.05, 0) is 50.9 Å². The molecule has 4 heterocycles. The molecular formula is C21H28N6O. The molecule has 1 saturated heterocycles. The molecule has 0 atom stereocenters. The van der Waals surface area contributed by atoms with Gasteiger partial charge in [0, 0.05) is 29.4 Å². The lowest BCUT2D eigenvalue weighted by molar-refractivity contribution is 0.199. The first-order valence-corrected chi connectivity index (χ1v) is 10.4. The lowest BCUT2D eigenvalue weighted by Crippen LogP contribution is -2.33. The second kappa shape index (κ2) is 6.65. The minimum atomic E-state index is 0.0109. The molecule has 1 aliphatic carbocycles. The van der Waals surface area contributed by atoms with Crippen LogP contribution < -0.4 is 0 Å². The minimum absolute atomic E-state index is 0.0109. The number of hydrogen-bond acceptors (Lipinski definition) is 6. The summed E-state index contributed by atoms with van der Waals surface area (Å²) >= 11 is 0. The summed E-state index contributed by atoms with van der Waals surface area (Å²) in [6.07, 6.45) is 6.55. The molecule has 0 bridgehead atoms. The Labute approximate surface area is 165 Å². The first-order valence-electron chi connectivity index (χ1n) is 10.4. The van der Waals surface area contributed by atoms with E-state index >= 15 is 0 Å². The van der Waals surface area contributed by atoms with Crippen LogP contribution in [0.2, 0.25) is 0 Å². The maximum Gasteiger partial charge on any atom is 0.177 e. The number of fused-ring (bicyclic) bond motifs is 1. The summed E-state index contributed by atoms with van der Waals surface area (Å²) < 4.78 is 7.45. The standard InChI is InChI=1S/C21H28N6O/c1-21(2,3)17-6-7-18-23-24-20(27(18)25-17)15-8-10-26(11-9-15)13-16-12-22-28-19(16)14-4-5-14/h6-7,12,14-15H,4-5,8-11,13H2,1-3H3. The molecule has 0 amide bonds. The van der Waals surface area contributed by atoms with Crippen molar-refractivity contribution in [3.05, 3.63) is 41.2 Å². The normalized spacial score (nSPS) is 19.5. The topological polar surface area (TPSA) is 72.4 Å². The van der Waals surface area contributed by atoms with E-state index in [1.807, 2.05) is 16.8 Å². The number of rotatable bonds is 4. The summed E-state index contributed by atoms with van der Waals surface area (Å²) in [4.78, 5) is 2.51. The fraction of sp³-hybridized carbons (Fsp3) is 0.619. The van der Waals surface area contributed by atoms with E-state index in [4.69, 9.17) is 9.62 Å². The summed E-state index contributed by atoms with van der Waals surface area (Å²) in [5.41, 5.74) is 3.18. The predicted molar refractivity (Wildman–Crippen MR) is 105 cm³/mol. The molecule has 7 heteroatoms. The molecule has 1 saturated carbocycles. The second-order valence-corrected chi connectivity index (χ2v) is 9.34. The molecule has 1 aliphatic heterocycles. The van der Waals surface area contributed by atoms with Crippen LogP contribution in [0.4, 0.5) is 0 Å². The Hall–Kier alpha value is -2.28. The molecule has 7 nitrogen and oxygen atoms in total. The summed E-state index contributed by atoms with van der Waals surface area (Å²) in [6.45, 7) is 9.59. The average molecular weight is 380 g/mol. The summed E-state index contributed by atoms with van der Waals surface area (Å²) in [7, 11) is 0. The van der Waals surface area contributed by atoms with Gasteiger partial charge in [0.1, 0.15) is 5.76 Å². The SMILES string of the molecule is CC(C)(C)c1ccc2nnc(C3CCN(Cc4cnoc4C4CC4)CC3)n2n1. The lowest BCUT2D eigenvalue weighted by Gasteiger charge is -2.30. The van der Waals surface area contributed by atoms with Crippen LogP contribution in [0, 0.1) is 0 Å². The molecular weight excluding hydrogens is 352 g/mol. The number of hydrogen-bond donors (Lipinski definition) is 0. The van der Waals surface area contributed by atoms with Gasteiger partial charge in [0.25, 0.3) is 0 Å². The molecule has 28 heavy (non-hydrogen) atoms. The van der Waals surface area contributed by atoms with Gasteiger partial charge in [-0.1, -0.05) is 25.9 Å². The van der Waals surface area contributed by atoms with Gasteiger partial charge in [-0.15, -0.1) is 10.2 Å². The van der Waals surface area contributed by atoms with E-state index in [-0.39, 0.29) is 5.41 Å². The molecule has 0 N–H and O–H groups in total. The minimum Gasteiger partial charge on any atom is -0.361 e. The number of likely N-dealkylation sites (tertiary alicyclic amines) is 1. The van der Waals surface area contributed by atoms with E-state index < -0.39 is 0 Å². The Balaban J connectivity index is 1.29. The van der Waals surface area contributed by atoms with Crippen molar-refractivity contribution in [2.24, 2.45) is 0 Å². The summed E-state index contributed by atoms with van der Waals surface area (Å²) in [5.74, 6) is 3.13. The smallest absolute Gasteiger partial charge is 0.177 e. The molecule has 2 aliphatic rings. The van der Waals surface area contributed by atoms with Gasteiger partial charge in [0.05, 0.1) is 11.9 Å². The molecule has 3 aromatic rings. The van der Waals surface area contributed by atoms with Crippen LogP contribution in [0.3, 0.4) is 0 Å². The van der Waals surface area contributed by atoms with Crippen molar-refractivity contribution in [1.82, 2.24) is 29.9 Å². The highest BCUT2D eigenvalue weighted by molar-refractivity contribution is 5.38. The number of aromatic nitrogens is 5. The Kier molecular flexibility index (Phi) is 4.23. The van der Waals surface area contributed by atoms with Crippen molar-refractivity contribution in [1.29, 1.82) is 0 Å². The van der Waals surface area contributed by atoms with Gasteiger partial charge < -0.3 is 4.52 Å². The largest absolute Gasteiger partial charge is 0.361 e. The Bertz CT molecular complexity index is 972. The Morgan fingerprint density at radius 1 is 1.04 bits per heavy atom. The zero-order valence-electron chi connectivity index (χ0n) is 16.9. The summed E-state index contributed by atoms with van der Waals surface area (Å²) in [6, 6.07) is 4.09. The molecule has 5 rings (SSSR count). The summed E-state index contributed by atoms with van der Waals surface area (Å²) in [5, 5.41) is 17.7. The molecule has 0 spiro atoms. The number of nitrogens with zero attached hydrogens (tertiary/aromatic N) is 6. The quantitative estimate of drug-likeness (QED) is 0.688. The van der Waals surface area contributed by atoms with E-state index in [1.54, 1.807) is 0 Å². The second-order valence-electron chi connectivity index (χ2n) is 9.34. The fourth-order valence-electron chi connectivity index (χ4n) is 4.12. The van der Waals surface area contributed by atoms with Gasteiger partial charge in [0.2, 0.25) is 0 Å². The van der Waals surface area contributed by atoms with Crippen LogP contribution in [0.25, 0.3) is 5.65 Å². The van der Waals surface area contributed by atoms with Crippen LogP contribution in [0.5, 0.6) is 0 Å². The fourth-order valence-corrected chi connectivity index (χ4v) is 4.12. The monoisotopic (exact) mass is 380 g/mol. The highest BCUT2D eigenvalue weighted by Crippen LogP contribution is 2.42. The van der Waals surface area contributed by atoms with Gasteiger partial charge in [-0.2, -0.15) is 9.61 Å². The molecule has 148 valence electrons. The molecule has 0 radical (unpaired) electrons. The van der Waals surface area contributed by atoms with Gasteiger partial charge in [-0.3, -0.25) is 4.90 Å². The maximum absolute atomic E-state index is 5.49. The van der Waals surface area contributed by atoms with Crippen molar-refractivity contribution in [3.8, 4) is 0 Å². The van der Waals surface area contributed by atoms with Crippen molar-refractivity contribution in [2.75, 3.05) is 13.1 Å². The van der Waals surface area contributed by atoms with Crippen LogP contribution in [-0.2, 0) is 12.0 Å². The predicted octanol–water partition coefficient (Wildman–Crippen LogP) is 3.67. The number of piperidine rings is 1. The Morgan fingerprint density at radius 2 is 1.82 bits per heavy atom. The molecule has 0 aromatic carbocycles. The van der Waals surface area contributed by atoms with Crippen molar-refractivity contribution in [2.45, 2.75) is 70.3 Å². The third kappa shape index (κ3) is 3.32. The third-order valence-corrected chi connectivity index (χ3v) is 6.03. The third-order valence-electron chi connectivity index (χ3n) is 6.03. The van der Waals surface area contributed by atoms with E-state index in [0.29, 0.717) is 11.8 Å². The van der Waals surface area contributed by atoms with Gasteiger partial charge >= 0.3 is 0 Å². The van der Waals surface area contributed by atoms with E-state index in [1.165, 1.54) is 18.4 Å².